The van der Waals surface area contributed by atoms with Crippen LogP contribution in [0.25, 0.3) is 0 Å². The lowest BCUT2D eigenvalue weighted by atomic mass is 9.43. The van der Waals surface area contributed by atoms with E-state index in [0.717, 1.165) is 49.4 Å². The van der Waals surface area contributed by atoms with E-state index in [2.05, 4.69) is 67.2 Å². The van der Waals surface area contributed by atoms with Gasteiger partial charge in [0.15, 0.2) is 0 Å². The van der Waals surface area contributed by atoms with Crippen molar-refractivity contribution in [2.45, 2.75) is 214 Å². The lowest BCUT2D eigenvalue weighted by Gasteiger charge is -2.62. The minimum absolute atomic E-state index is 0.0734. The first-order valence-electron chi connectivity index (χ1n) is 22.6. The predicted octanol–water partition coefficient (Wildman–Crippen LogP) is 13.6. The van der Waals surface area contributed by atoms with Gasteiger partial charge in [0, 0.05) is 6.42 Å². The molecule has 0 bridgehead atoms. The number of fused-ring (bicyclic) bond motifs is 2. The second-order valence-corrected chi connectivity index (χ2v) is 20.2. The van der Waals surface area contributed by atoms with Crippen LogP contribution >= 0.6 is 0 Å². The monoisotopic (exact) mass is 705 g/mol. The minimum Gasteiger partial charge on any atom is -0.462 e. The molecular formula is C48H80O3. The molecule has 0 radical (unpaired) electrons. The molecule has 3 heteroatoms. The van der Waals surface area contributed by atoms with Gasteiger partial charge in [-0.15, -0.1) is 0 Å². The minimum atomic E-state index is 0.0734. The Morgan fingerprint density at radius 3 is 2.41 bits per heavy atom. The molecule has 6 aliphatic rings. The molecule has 0 aromatic rings. The predicted molar refractivity (Wildman–Crippen MR) is 213 cm³/mol. The molecule has 290 valence electrons. The van der Waals surface area contributed by atoms with Gasteiger partial charge in [0.05, 0.1) is 12.2 Å². The first-order chi connectivity index (χ1) is 24.4. The third-order valence-corrected chi connectivity index (χ3v) is 17.5. The Balaban J connectivity index is 0.896. The molecule has 0 aromatic heterocycles. The molecule has 0 unspecified atom stereocenters. The summed E-state index contributed by atoms with van der Waals surface area (Å²) in [5.41, 5.74) is 3.53. The fourth-order valence-electron chi connectivity index (χ4n) is 13.9. The lowest BCUT2D eigenvalue weighted by Crippen LogP contribution is -2.56. The zero-order valence-electron chi connectivity index (χ0n) is 34.5. The Morgan fingerprint density at radius 2 is 1.63 bits per heavy atom. The van der Waals surface area contributed by atoms with Crippen molar-refractivity contribution in [3.05, 3.63) is 24.3 Å². The molecule has 5 saturated carbocycles. The van der Waals surface area contributed by atoms with Crippen LogP contribution in [-0.4, -0.2) is 24.3 Å². The van der Waals surface area contributed by atoms with Crippen LogP contribution in [0.15, 0.2) is 24.3 Å². The van der Waals surface area contributed by atoms with E-state index in [1.165, 1.54) is 121 Å². The van der Waals surface area contributed by atoms with Gasteiger partial charge >= 0.3 is 5.97 Å². The second-order valence-electron chi connectivity index (χ2n) is 20.2. The zero-order chi connectivity index (χ0) is 36.4. The highest BCUT2D eigenvalue weighted by molar-refractivity contribution is 5.69. The van der Waals surface area contributed by atoms with Crippen LogP contribution < -0.4 is 0 Å². The highest BCUT2D eigenvalue weighted by Gasteiger charge is 2.81. The maximum atomic E-state index is 13.1. The summed E-state index contributed by atoms with van der Waals surface area (Å²) in [6.07, 6.45) is 34.8. The number of allylic oxidation sites excluding steroid dienone is 2. The average Bonchev–Trinajstić information content (AvgIpc) is 3.99. The van der Waals surface area contributed by atoms with Crippen LogP contribution in [0, 0.1) is 57.2 Å². The Morgan fingerprint density at radius 1 is 0.843 bits per heavy atom. The van der Waals surface area contributed by atoms with Crippen LogP contribution in [0.2, 0.25) is 0 Å². The number of carbonyl (C=O) groups is 1. The van der Waals surface area contributed by atoms with E-state index < -0.39 is 0 Å². The summed E-state index contributed by atoms with van der Waals surface area (Å²) >= 11 is 0. The van der Waals surface area contributed by atoms with E-state index in [9.17, 15) is 4.79 Å². The number of rotatable bonds is 20. The quantitative estimate of drug-likeness (QED) is 0.0548. The number of unbranched alkanes of at least 4 members (excludes halogenated alkanes) is 7. The van der Waals surface area contributed by atoms with E-state index >= 15 is 0 Å². The van der Waals surface area contributed by atoms with Crippen molar-refractivity contribution in [1.82, 2.24) is 0 Å². The molecule has 0 amide bonds. The summed E-state index contributed by atoms with van der Waals surface area (Å²) in [6, 6.07) is 0. The number of carbonyl (C=O) groups excluding carboxylic acids is 1. The van der Waals surface area contributed by atoms with Gasteiger partial charge in [0.1, 0.15) is 6.10 Å². The molecule has 6 fully saturated rings. The molecule has 12 atom stereocenters. The molecule has 2 spiro atoms. The summed E-state index contributed by atoms with van der Waals surface area (Å²) in [5.74, 6) is 4.51. The molecule has 51 heavy (non-hydrogen) atoms. The molecule has 6 rings (SSSR count). The number of hydrogen-bond acceptors (Lipinski definition) is 3. The van der Waals surface area contributed by atoms with Gasteiger partial charge in [0.2, 0.25) is 0 Å². The van der Waals surface area contributed by atoms with Gasteiger partial charge in [-0.25, -0.2) is 0 Å². The van der Waals surface area contributed by atoms with Crippen molar-refractivity contribution in [3.63, 3.8) is 0 Å². The number of hydrogen-bond donors (Lipinski definition) is 0. The summed E-state index contributed by atoms with van der Waals surface area (Å²) in [4.78, 5) is 13.1. The summed E-state index contributed by atoms with van der Waals surface area (Å²) < 4.78 is 12.1. The SMILES string of the molecule is C=C(CC[C@@H](C)[C@H]1CC[C@@]2(C)[C@@H]3CC[C@H]4[C@H](C)[C@@H](OC(=O)CCCCCCC/C=C\C[C@H]5O[C@@H]5CCCCC)CC[C@@]45C[C@@]35CC[C@]12C)C(C)C. The molecular weight excluding hydrogens is 625 g/mol. The van der Waals surface area contributed by atoms with Crippen molar-refractivity contribution < 1.29 is 14.3 Å². The van der Waals surface area contributed by atoms with E-state index in [0.29, 0.717) is 52.1 Å². The topological polar surface area (TPSA) is 38.8 Å². The normalized spacial score (nSPS) is 41.5. The summed E-state index contributed by atoms with van der Waals surface area (Å²) in [5, 5.41) is 0. The first kappa shape index (κ1) is 39.6. The maximum Gasteiger partial charge on any atom is 0.306 e. The van der Waals surface area contributed by atoms with Gasteiger partial charge in [0.25, 0.3) is 0 Å². The van der Waals surface area contributed by atoms with E-state index in [4.69, 9.17) is 9.47 Å². The Bertz CT molecular complexity index is 1220. The van der Waals surface area contributed by atoms with Crippen LogP contribution in [0.4, 0.5) is 0 Å². The molecule has 0 aromatic carbocycles. The molecule has 3 nitrogen and oxygen atoms in total. The van der Waals surface area contributed by atoms with E-state index in [-0.39, 0.29) is 12.1 Å². The van der Waals surface area contributed by atoms with Crippen LogP contribution in [0.5, 0.6) is 0 Å². The van der Waals surface area contributed by atoms with Crippen LogP contribution in [0.3, 0.4) is 0 Å². The highest BCUT2D eigenvalue weighted by Crippen LogP contribution is 2.88. The second kappa shape index (κ2) is 16.3. The Labute approximate surface area is 315 Å². The van der Waals surface area contributed by atoms with Crippen molar-refractivity contribution >= 4 is 5.97 Å². The van der Waals surface area contributed by atoms with Gasteiger partial charge in [-0.3, -0.25) is 4.79 Å². The smallest absolute Gasteiger partial charge is 0.306 e. The standard InChI is InChI=1S/C48H80O3/c1-9-10-17-20-41-42(50-41)21-18-15-13-11-12-14-16-19-22-44(49)51-40-28-30-47-33-48(47)32-31-45(7)38(36(5)24-23-35(4)34(2)3)27-29-46(45,8)43(48)26-25-39(47)37(40)6/h15,18,34,36-43H,4,9-14,16-17,19-33H2,1-3,5-8H3/b18-15-/t36-,37+,38-,39+,40+,41-,42-,43+,45-,46+,47-,48+/m1/s1. The lowest BCUT2D eigenvalue weighted by molar-refractivity contribution is -0.167. The van der Waals surface area contributed by atoms with Gasteiger partial charge < -0.3 is 9.47 Å². The average molecular weight is 705 g/mol. The van der Waals surface area contributed by atoms with Crippen molar-refractivity contribution in [1.29, 1.82) is 0 Å². The molecule has 1 heterocycles. The fraction of sp³-hybridized carbons (Fsp3) is 0.896. The first-order valence-corrected chi connectivity index (χ1v) is 22.6. The number of ether oxygens (including phenoxy) is 2. The largest absolute Gasteiger partial charge is 0.462 e. The van der Waals surface area contributed by atoms with Crippen molar-refractivity contribution in [2.24, 2.45) is 57.2 Å². The Hall–Kier alpha value is -1.09. The van der Waals surface area contributed by atoms with Crippen LogP contribution in [0.1, 0.15) is 196 Å². The third kappa shape index (κ3) is 7.74. The summed E-state index contributed by atoms with van der Waals surface area (Å²) in [6.45, 7) is 21.8. The molecule has 1 aliphatic heterocycles. The molecule has 0 N–H and O–H groups in total. The van der Waals surface area contributed by atoms with Crippen molar-refractivity contribution in [3.8, 4) is 0 Å². The zero-order valence-corrected chi connectivity index (χ0v) is 34.5. The highest BCUT2D eigenvalue weighted by atomic mass is 16.6. The summed E-state index contributed by atoms with van der Waals surface area (Å²) in [7, 11) is 0. The van der Waals surface area contributed by atoms with E-state index in [1.54, 1.807) is 0 Å². The Kier molecular flexibility index (Phi) is 12.7. The van der Waals surface area contributed by atoms with Gasteiger partial charge in [-0.2, -0.15) is 0 Å². The molecule has 5 aliphatic carbocycles. The van der Waals surface area contributed by atoms with Crippen molar-refractivity contribution in [2.75, 3.05) is 0 Å². The number of epoxide rings is 1. The van der Waals surface area contributed by atoms with E-state index in [1.807, 2.05) is 0 Å². The molecule has 1 saturated heterocycles. The fourth-order valence-corrected chi connectivity index (χ4v) is 13.9. The maximum absolute atomic E-state index is 13.1. The third-order valence-electron chi connectivity index (χ3n) is 17.5. The van der Waals surface area contributed by atoms with Gasteiger partial charge in [-0.1, -0.05) is 111 Å². The number of esters is 1. The van der Waals surface area contributed by atoms with Crippen LogP contribution in [-0.2, 0) is 14.3 Å². The van der Waals surface area contributed by atoms with Gasteiger partial charge in [-0.05, 0) is 160 Å².